The van der Waals surface area contributed by atoms with Crippen LogP contribution in [0.1, 0.15) is 5.56 Å². The van der Waals surface area contributed by atoms with Crippen LogP contribution in [0.2, 0.25) is 0 Å². The quantitative estimate of drug-likeness (QED) is 0.368. The van der Waals surface area contributed by atoms with E-state index >= 15 is 0 Å². The maximum Gasteiger partial charge on any atom is 0.297 e. The maximum absolute atomic E-state index is 12.2. The van der Waals surface area contributed by atoms with E-state index in [0.29, 0.717) is 5.69 Å². The van der Waals surface area contributed by atoms with Crippen molar-refractivity contribution < 1.29 is 17.4 Å². The number of para-hydroxylation sites is 1. The average molecular weight is 352 g/mol. The minimum absolute atomic E-state index is 0.00192. The summed E-state index contributed by atoms with van der Waals surface area (Å²) in [7, 11) is -4.04. The third-order valence-electron chi connectivity index (χ3n) is 3.55. The van der Waals surface area contributed by atoms with E-state index in [1.54, 1.807) is 36.4 Å². The normalized spacial score (nSPS) is 21.1. The van der Waals surface area contributed by atoms with Crippen LogP contribution in [0.5, 0.6) is 0 Å². The molecule has 1 amide bonds. The summed E-state index contributed by atoms with van der Waals surface area (Å²) in [5.41, 5.74) is 0.657. The average Bonchev–Trinajstić information content (AvgIpc) is 2.54. The van der Waals surface area contributed by atoms with E-state index in [9.17, 15) is 13.2 Å². The number of β-lactam (4-membered cyclic amide) rings is 1. The lowest BCUT2D eigenvalue weighted by Crippen LogP contribution is -2.64. The maximum atomic E-state index is 12.2. The van der Waals surface area contributed by atoms with Gasteiger partial charge in [0.15, 0.2) is 6.10 Å². The Bertz CT molecular complexity index is 821. The second-order valence-electron chi connectivity index (χ2n) is 5.20. The van der Waals surface area contributed by atoms with E-state index < -0.39 is 27.6 Å². The molecule has 1 unspecified atom stereocenters. The number of alkyl halides is 1. The number of aryl methyl sites for hydroxylation is 1. The van der Waals surface area contributed by atoms with Crippen LogP contribution in [0.15, 0.2) is 59.5 Å². The molecule has 1 heterocycles. The Morgan fingerprint density at radius 3 is 2.22 bits per heavy atom. The van der Waals surface area contributed by atoms with Gasteiger partial charge < -0.3 is 0 Å². The third kappa shape index (κ3) is 2.97. The Kier molecular flexibility index (Phi) is 4.14. The zero-order valence-electron chi connectivity index (χ0n) is 12.2. The van der Waals surface area contributed by atoms with Crippen molar-refractivity contribution in [3.8, 4) is 0 Å². The lowest BCUT2D eigenvalue weighted by Gasteiger charge is -2.42. The summed E-state index contributed by atoms with van der Waals surface area (Å²) in [6.45, 7) is 1.85. The summed E-state index contributed by atoms with van der Waals surface area (Å²) >= 11 is 6.14. The van der Waals surface area contributed by atoms with Crippen molar-refractivity contribution in [1.29, 1.82) is 0 Å². The van der Waals surface area contributed by atoms with Crippen molar-refractivity contribution in [2.24, 2.45) is 0 Å². The summed E-state index contributed by atoms with van der Waals surface area (Å²) in [4.78, 5) is 13.5. The molecule has 0 radical (unpaired) electrons. The topological polar surface area (TPSA) is 63.7 Å². The highest BCUT2D eigenvalue weighted by molar-refractivity contribution is 7.86. The Hall–Kier alpha value is -1.89. The summed E-state index contributed by atoms with van der Waals surface area (Å²) in [5, 5.41) is 0. The van der Waals surface area contributed by atoms with Crippen LogP contribution in [0.3, 0.4) is 0 Å². The van der Waals surface area contributed by atoms with Crippen molar-refractivity contribution >= 4 is 33.3 Å². The smallest absolute Gasteiger partial charge is 0.290 e. The van der Waals surface area contributed by atoms with Crippen molar-refractivity contribution in [1.82, 2.24) is 0 Å². The fourth-order valence-corrected chi connectivity index (χ4v) is 3.74. The molecule has 7 heteroatoms. The Labute approximate surface area is 139 Å². The number of halogens is 1. The molecule has 0 aliphatic carbocycles. The highest BCUT2D eigenvalue weighted by Gasteiger charge is 2.50. The SMILES string of the molecule is Cc1ccc(S(=O)(=O)O[C@H]2C(=O)N(c3ccccc3)C2Cl)cc1. The zero-order chi connectivity index (χ0) is 16.6. The number of carbonyl (C=O) groups excluding carboxylic acids is 1. The van der Waals surface area contributed by atoms with Gasteiger partial charge in [0, 0.05) is 5.69 Å². The Morgan fingerprint density at radius 1 is 1.04 bits per heavy atom. The zero-order valence-corrected chi connectivity index (χ0v) is 13.8. The predicted molar refractivity (Wildman–Crippen MR) is 86.8 cm³/mol. The molecule has 0 bridgehead atoms. The van der Waals surface area contributed by atoms with Crippen LogP contribution in [0.4, 0.5) is 5.69 Å². The molecule has 2 aromatic carbocycles. The number of rotatable bonds is 4. The van der Waals surface area contributed by atoms with Gasteiger partial charge in [-0.1, -0.05) is 47.5 Å². The number of anilines is 1. The molecule has 0 saturated carbocycles. The highest BCUT2D eigenvalue weighted by Crippen LogP contribution is 2.34. The van der Waals surface area contributed by atoms with E-state index in [1.807, 2.05) is 13.0 Å². The Morgan fingerprint density at radius 2 is 1.65 bits per heavy atom. The van der Waals surface area contributed by atoms with Gasteiger partial charge in [-0.2, -0.15) is 8.42 Å². The van der Waals surface area contributed by atoms with Crippen molar-refractivity contribution in [3.63, 3.8) is 0 Å². The molecule has 3 rings (SSSR count). The first-order valence-electron chi connectivity index (χ1n) is 6.92. The fraction of sp³-hybridized carbons (Fsp3) is 0.188. The van der Waals surface area contributed by atoms with Crippen LogP contribution in [0, 0.1) is 6.92 Å². The first kappa shape index (κ1) is 16.0. The third-order valence-corrected chi connectivity index (χ3v) is 5.29. The van der Waals surface area contributed by atoms with E-state index in [-0.39, 0.29) is 4.90 Å². The largest absolute Gasteiger partial charge is 0.297 e. The number of nitrogens with zero attached hydrogens (tertiary/aromatic N) is 1. The van der Waals surface area contributed by atoms with Gasteiger partial charge in [-0.25, -0.2) is 4.18 Å². The van der Waals surface area contributed by atoms with Crippen molar-refractivity contribution in [2.45, 2.75) is 23.4 Å². The van der Waals surface area contributed by atoms with E-state index in [4.69, 9.17) is 15.8 Å². The van der Waals surface area contributed by atoms with Gasteiger partial charge in [0.1, 0.15) is 5.50 Å². The molecule has 0 N–H and O–H groups in total. The molecule has 1 aliphatic heterocycles. The molecule has 1 fully saturated rings. The van der Waals surface area contributed by atoms with Gasteiger partial charge in [0.2, 0.25) is 0 Å². The number of benzene rings is 2. The molecule has 5 nitrogen and oxygen atoms in total. The molecular weight excluding hydrogens is 338 g/mol. The van der Waals surface area contributed by atoms with Crippen LogP contribution >= 0.6 is 11.6 Å². The molecule has 0 spiro atoms. The van der Waals surface area contributed by atoms with Gasteiger partial charge in [0.25, 0.3) is 16.0 Å². The van der Waals surface area contributed by atoms with Gasteiger partial charge in [-0.15, -0.1) is 0 Å². The lowest BCUT2D eigenvalue weighted by molar-refractivity contribution is -0.132. The van der Waals surface area contributed by atoms with Crippen LogP contribution in [-0.4, -0.2) is 25.9 Å². The first-order valence-corrected chi connectivity index (χ1v) is 8.77. The van der Waals surface area contributed by atoms with Crippen LogP contribution in [-0.2, 0) is 19.1 Å². The van der Waals surface area contributed by atoms with Gasteiger partial charge in [0.05, 0.1) is 4.90 Å². The summed E-state index contributed by atoms with van der Waals surface area (Å²) in [5.74, 6) is -0.480. The second-order valence-corrected chi connectivity index (χ2v) is 7.22. The minimum Gasteiger partial charge on any atom is -0.290 e. The first-order chi connectivity index (χ1) is 10.9. The minimum atomic E-state index is -4.04. The summed E-state index contributed by atoms with van der Waals surface area (Å²) in [6.07, 6.45) is -1.22. The standard InChI is InChI=1S/C16H14ClNO4S/c1-11-7-9-13(10-8-11)23(20,21)22-14-15(17)18(16(14)19)12-5-3-2-4-6-12/h2-10,14-15H,1H3/t14-,15?/m1/s1. The molecule has 1 saturated heterocycles. The second kappa shape index (κ2) is 5.96. The van der Waals surface area contributed by atoms with Crippen LogP contribution in [0.25, 0.3) is 0 Å². The highest BCUT2D eigenvalue weighted by atomic mass is 35.5. The summed E-state index contributed by atoms with van der Waals surface area (Å²) < 4.78 is 29.5. The van der Waals surface area contributed by atoms with E-state index in [2.05, 4.69) is 0 Å². The number of amides is 1. The lowest BCUT2D eigenvalue weighted by atomic mass is 10.1. The van der Waals surface area contributed by atoms with Gasteiger partial charge in [-0.3, -0.25) is 9.69 Å². The van der Waals surface area contributed by atoms with E-state index in [0.717, 1.165) is 5.56 Å². The summed E-state index contributed by atoms with van der Waals surface area (Å²) in [6, 6.07) is 15.0. The van der Waals surface area contributed by atoms with E-state index in [1.165, 1.54) is 17.0 Å². The van der Waals surface area contributed by atoms with Crippen LogP contribution < -0.4 is 4.90 Å². The van der Waals surface area contributed by atoms with Crippen molar-refractivity contribution in [3.05, 3.63) is 60.2 Å². The molecule has 0 aromatic heterocycles. The van der Waals surface area contributed by atoms with Crippen molar-refractivity contribution in [2.75, 3.05) is 4.90 Å². The molecule has 1 aliphatic rings. The molecular formula is C16H14ClNO4S. The van der Waals surface area contributed by atoms with Gasteiger partial charge >= 0.3 is 0 Å². The molecule has 2 atom stereocenters. The monoisotopic (exact) mass is 351 g/mol. The fourth-order valence-electron chi connectivity index (χ4n) is 2.27. The van der Waals surface area contributed by atoms with Gasteiger partial charge in [-0.05, 0) is 31.2 Å². The molecule has 23 heavy (non-hydrogen) atoms. The Balaban J connectivity index is 1.77. The predicted octanol–water partition coefficient (Wildman–Crippen LogP) is 2.68. The number of hydrogen-bond donors (Lipinski definition) is 0. The molecule has 2 aromatic rings. The number of hydrogen-bond acceptors (Lipinski definition) is 4. The molecule has 120 valence electrons. The number of carbonyl (C=O) groups is 1.